The molecule has 3 aromatic rings. The number of aromatic nitrogens is 4. The Morgan fingerprint density at radius 1 is 1.23 bits per heavy atom. The average molecular weight is 418 g/mol. The van der Waals surface area contributed by atoms with Gasteiger partial charge in [-0.2, -0.15) is 9.67 Å². The Bertz CT molecular complexity index is 1040. The molecule has 0 aliphatic carbocycles. The van der Waals surface area contributed by atoms with Crippen molar-refractivity contribution in [2.45, 2.75) is 13.1 Å². The van der Waals surface area contributed by atoms with E-state index >= 15 is 0 Å². The van der Waals surface area contributed by atoms with E-state index in [2.05, 4.69) is 20.6 Å². The van der Waals surface area contributed by atoms with E-state index in [4.69, 9.17) is 18.7 Å². The third-order valence-corrected chi connectivity index (χ3v) is 3.96. The van der Waals surface area contributed by atoms with E-state index in [9.17, 15) is 14.9 Å². The van der Waals surface area contributed by atoms with E-state index < -0.39 is 10.8 Å². The molecule has 2 aromatic heterocycles. The molecular formula is C17H18N6O7. The van der Waals surface area contributed by atoms with Crippen molar-refractivity contribution in [1.29, 1.82) is 0 Å². The summed E-state index contributed by atoms with van der Waals surface area (Å²) in [6, 6.07) is 4.64. The molecule has 0 atom stereocenters. The maximum absolute atomic E-state index is 12.3. The van der Waals surface area contributed by atoms with E-state index in [1.807, 2.05) is 0 Å². The van der Waals surface area contributed by atoms with E-state index in [0.29, 0.717) is 22.8 Å². The number of rotatable bonds is 9. The van der Waals surface area contributed by atoms with Gasteiger partial charge in [0.15, 0.2) is 17.3 Å². The summed E-state index contributed by atoms with van der Waals surface area (Å²) in [5.74, 6) is 0.347. The minimum absolute atomic E-state index is 0.0114. The number of carbonyl (C=O) groups excluding carboxylic acids is 1. The molecule has 1 amide bonds. The summed E-state index contributed by atoms with van der Waals surface area (Å²) < 4.78 is 22.0. The smallest absolute Gasteiger partial charge is 0.389 e. The molecule has 3 rings (SSSR count). The first-order valence-corrected chi connectivity index (χ1v) is 8.52. The van der Waals surface area contributed by atoms with E-state index in [1.54, 1.807) is 12.1 Å². The first kappa shape index (κ1) is 20.6. The van der Waals surface area contributed by atoms with Crippen LogP contribution in [0.3, 0.4) is 0 Å². The van der Waals surface area contributed by atoms with Crippen LogP contribution in [0.1, 0.15) is 22.1 Å². The molecule has 0 saturated carbocycles. The van der Waals surface area contributed by atoms with Crippen LogP contribution in [0.2, 0.25) is 0 Å². The number of methoxy groups -OCH3 is 3. The molecule has 0 unspecified atom stereocenters. The molecule has 0 fully saturated rings. The predicted octanol–water partition coefficient (Wildman–Crippen LogP) is 1.18. The van der Waals surface area contributed by atoms with Gasteiger partial charge in [0.2, 0.25) is 5.75 Å². The molecule has 2 heterocycles. The average Bonchev–Trinajstić information content (AvgIpc) is 3.41. The minimum atomic E-state index is -0.616. The third kappa shape index (κ3) is 4.45. The molecule has 30 heavy (non-hydrogen) atoms. The summed E-state index contributed by atoms with van der Waals surface area (Å²) in [6.07, 6.45) is 1.40. The molecule has 0 aliphatic rings. The Labute approximate surface area is 169 Å². The van der Waals surface area contributed by atoms with Gasteiger partial charge in [0, 0.05) is 6.54 Å². The normalized spacial score (nSPS) is 10.5. The number of carbonyl (C=O) groups is 1. The largest absolute Gasteiger partial charge is 0.493 e. The van der Waals surface area contributed by atoms with Crippen molar-refractivity contribution in [3.05, 3.63) is 51.8 Å². The van der Waals surface area contributed by atoms with Crippen LogP contribution in [-0.4, -0.2) is 52.1 Å². The number of hydrogen-bond donors (Lipinski definition) is 1. The predicted molar refractivity (Wildman–Crippen MR) is 99.5 cm³/mol. The van der Waals surface area contributed by atoms with Gasteiger partial charge < -0.3 is 34.2 Å². The van der Waals surface area contributed by atoms with Crippen molar-refractivity contribution in [3.8, 4) is 17.2 Å². The number of nitrogens with one attached hydrogen (secondary N) is 1. The monoisotopic (exact) mass is 418 g/mol. The lowest BCUT2D eigenvalue weighted by Crippen LogP contribution is -2.23. The highest BCUT2D eigenvalue weighted by atomic mass is 16.6. The topological polar surface area (TPSA) is 157 Å². The third-order valence-electron chi connectivity index (χ3n) is 3.96. The molecule has 0 aliphatic heterocycles. The highest BCUT2D eigenvalue weighted by Crippen LogP contribution is 2.38. The SMILES string of the molecule is COc1cc(CNC(=O)c2nc(Cn3ccc([N+](=O)[O-])n3)no2)cc(OC)c1OC. The maximum Gasteiger partial charge on any atom is 0.389 e. The van der Waals surface area contributed by atoms with Crippen LogP contribution in [-0.2, 0) is 13.1 Å². The summed E-state index contributed by atoms with van der Waals surface area (Å²) in [6.45, 7) is 0.149. The van der Waals surface area contributed by atoms with Crippen LogP contribution >= 0.6 is 0 Å². The van der Waals surface area contributed by atoms with E-state index in [-0.39, 0.29) is 30.6 Å². The molecule has 1 aromatic carbocycles. The van der Waals surface area contributed by atoms with E-state index in [0.717, 1.165) is 0 Å². The lowest BCUT2D eigenvalue weighted by molar-refractivity contribution is -0.389. The summed E-state index contributed by atoms with van der Waals surface area (Å²) in [5.41, 5.74) is 0.696. The lowest BCUT2D eigenvalue weighted by atomic mass is 10.1. The van der Waals surface area contributed by atoms with E-state index in [1.165, 1.54) is 38.3 Å². The van der Waals surface area contributed by atoms with Gasteiger partial charge in [-0.05, 0) is 22.6 Å². The van der Waals surface area contributed by atoms with Crippen LogP contribution in [0.5, 0.6) is 17.2 Å². The van der Waals surface area contributed by atoms with Crippen LogP contribution in [0.4, 0.5) is 5.82 Å². The van der Waals surface area contributed by atoms with Crippen molar-refractivity contribution in [2.24, 2.45) is 0 Å². The molecule has 158 valence electrons. The van der Waals surface area contributed by atoms with Crippen molar-refractivity contribution in [1.82, 2.24) is 25.2 Å². The summed E-state index contributed by atoms with van der Waals surface area (Å²) in [4.78, 5) is 26.3. The van der Waals surface area contributed by atoms with Gasteiger partial charge in [0.1, 0.15) is 6.54 Å². The number of nitro groups is 1. The van der Waals surface area contributed by atoms with Gasteiger partial charge in [0.25, 0.3) is 0 Å². The number of ether oxygens (including phenoxy) is 3. The van der Waals surface area contributed by atoms with Crippen LogP contribution in [0, 0.1) is 10.1 Å². The molecule has 13 heteroatoms. The van der Waals surface area contributed by atoms with Crippen molar-refractivity contribution < 1.29 is 28.5 Å². The van der Waals surface area contributed by atoms with Gasteiger partial charge in [-0.25, -0.2) is 0 Å². The maximum atomic E-state index is 12.3. The van der Waals surface area contributed by atoms with Crippen LogP contribution in [0.25, 0.3) is 0 Å². The molecule has 0 spiro atoms. The molecule has 0 bridgehead atoms. The van der Waals surface area contributed by atoms with Crippen LogP contribution in [0.15, 0.2) is 28.9 Å². The van der Waals surface area contributed by atoms with Gasteiger partial charge in [-0.3, -0.25) is 4.79 Å². The van der Waals surface area contributed by atoms with Crippen molar-refractivity contribution in [2.75, 3.05) is 21.3 Å². The Morgan fingerprint density at radius 3 is 2.50 bits per heavy atom. The second-order valence-electron chi connectivity index (χ2n) is 5.86. The first-order chi connectivity index (χ1) is 14.4. The number of nitrogens with zero attached hydrogens (tertiary/aromatic N) is 5. The zero-order valence-electron chi connectivity index (χ0n) is 16.3. The van der Waals surface area contributed by atoms with Gasteiger partial charge in [-0.1, -0.05) is 5.16 Å². The highest BCUT2D eigenvalue weighted by molar-refractivity contribution is 5.89. The second kappa shape index (κ2) is 8.89. The fraction of sp³-hybridized carbons (Fsp3) is 0.294. The fourth-order valence-electron chi connectivity index (χ4n) is 2.59. The highest BCUT2D eigenvalue weighted by Gasteiger charge is 2.19. The fourth-order valence-corrected chi connectivity index (χ4v) is 2.59. The zero-order chi connectivity index (χ0) is 21.7. The number of hydrogen-bond acceptors (Lipinski definition) is 10. The Kier molecular flexibility index (Phi) is 6.10. The zero-order valence-corrected chi connectivity index (χ0v) is 16.3. The molecule has 13 nitrogen and oxygen atoms in total. The standard InChI is InChI=1S/C17H18N6O7/c1-27-11-6-10(7-12(28-2)15(11)29-3)8-18-16(24)17-19-13(21-30-17)9-22-5-4-14(20-22)23(25)26/h4-7H,8-9H2,1-3H3,(H,18,24). The quantitative estimate of drug-likeness (QED) is 0.395. The number of amides is 1. The van der Waals surface area contributed by atoms with Crippen molar-refractivity contribution >= 4 is 11.7 Å². The number of benzene rings is 1. The summed E-state index contributed by atoms with van der Waals surface area (Å²) >= 11 is 0. The van der Waals surface area contributed by atoms with Gasteiger partial charge >= 0.3 is 17.6 Å². The lowest BCUT2D eigenvalue weighted by Gasteiger charge is -2.14. The Balaban J connectivity index is 1.65. The Morgan fingerprint density at radius 2 is 1.93 bits per heavy atom. The molecule has 0 radical (unpaired) electrons. The van der Waals surface area contributed by atoms with Gasteiger partial charge in [0.05, 0.1) is 38.7 Å². The first-order valence-electron chi connectivity index (χ1n) is 8.52. The second-order valence-corrected chi connectivity index (χ2v) is 5.86. The molecule has 0 saturated heterocycles. The summed E-state index contributed by atoms with van der Waals surface area (Å²) in [7, 11) is 4.48. The summed E-state index contributed by atoms with van der Waals surface area (Å²) in [5, 5.41) is 20.8. The van der Waals surface area contributed by atoms with Crippen LogP contribution < -0.4 is 19.5 Å². The van der Waals surface area contributed by atoms with Crippen molar-refractivity contribution in [3.63, 3.8) is 0 Å². The van der Waals surface area contributed by atoms with Gasteiger partial charge in [-0.15, -0.1) is 0 Å². The minimum Gasteiger partial charge on any atom is -0.493 e. The molecule has 1 N–H and O–H groups in total. The molecular weight excluding hydrogens is 400 g/mol. The Hall–Kier alpha value is -4.16.